The monoisotopic (exact) mass is 173 g/mol. The van der Waals surface area contributed by atoms with E-state index in [0.717, 1.165) is 23.6 Å². The summed E-state index contributed by atoms with van der Waals surface area (Å²) in [4.78, 5) is 0. The predicted molar refractivity (Wildman–Crippen MR) is 59.8 cm³/mol. The van der Waals surface area contributed by atoms with E-state index in [1.54, 1.807) is 0 Å². The lowest BCUT2D eigenvalue weighted by Crippen LogP contribution is -2.08. The van der Waals surface area contributed by atoms with Crippen molar-refractivity contribution in [2.45, 2.75) is 20.3 Å². The smallest absolute Gasteiger partial charge is 0.113 e. The Morgan fingerprint density at radius 3 is 2.77 bits per heavy atom. The zero-order valence-corrected chi connectivity index (χ0v) is 8.38. The molecule has 0 heterocycles. The van der Waals surface area contributed by atoms with Gasteiger partial charge in [-0.05, 0) is 24.5 Å². The first-order valence-corrected chi connectivity index (χ1v) is 4.78. The summed E-state index contributed by atoms with van der Waals surface area (Å²) in [5, 5.41) is 3.34. The van der Waals surface area contributed by atoms with Crippen LogP contribution in [0, 0.1) is 5.92 Å². The Bertz CT molecular complexity index is 258. The first-order valence-electron chi connectivity index (χ1n) is 4.78. The molecule has 13 heavy (non-hydrogen) atoms. The van der Waals surface area contributed by atoms with E-state index in [9.17, 15) is 0 Å². The molecule has 0 fully saturated rings. The van der Waals surface area contributed by atoms with Crippen LogP contribution >= 0.6 is 0 Å². The number of hydrogen-bond donors (Lipinski definition) is 1. The largest absolute Gasteiger partial charge is 0.385 e. The van der Waals surface area contributed by atoms with Gasteiger partial charge in [0.15, 0.2) is 0 Å². The molecule has 0 aliphatic heterocycles. The van der Waals surface area contributed by atoms with Crippen LogP contribution in [-0.4, -0.2) is 14.4 Å². The summed E-state index contributed by atoms with van der Waals surface area (Å²) in [7, 11) is 5.65. The quantitative estimate of drug-likeness (QED) is 0.686. The van der Waals surface area contributed by atoms with Crippen LogP contribution in [0.4, 0.5) is 5.69 Å². The Morgan fingerprint density at radius 2 is 2.15 bits per heavy atom. The van der Waals surface area contributed by atoms with Crippen LogP contribution in [0.5, 0.6) is 0 Å². The van der Waals surface area contributed by atoms with Crippen molar-refractivity contribution in [1.29, 1.82) is 0 Å². The molecule has 1 nitrogen and oxygen atoms in total. The Kier molecular flexibility index (Phi) is 3.87. The van der Waals surface area contributed by atoms with Crippen molar-refractivity contribution in [2.75, 3.05) is 11.9 Å². The Balaban J connectivity index is 2.37. The van der Waals surface area contributed by atoms with Crippen molar-refractivity contribution in [2.24, 2.45) is 5.92 Å². The van der Waals surface area contributed by atoms with Gasteiger partial charge < -0.3 is 5.32 Å². The molecule has 1 aromatic rings. The fraction of sp³-hybridized carbons (Fsp3) is 0.455. The molecular weight excluding hydrogens is 157 g/mol. The maximum Gasteiger partial charge on any atom is 0.113 e. The third-order valence-corrected chi connectivity index (χ3v) is 1.94. The van der Waals surface area contributed by atoms with Gasteiger partial charge in [0.05, 0.1) is 0 Å². The van der Waals surface area contributed by atoms with Crippen LogP contribution in [0.1, 0.15) is 20.3 Å². The van der Waals surface area contributed by atoms with Gasteiger partial charge in [-0.3, -0.25) is 0 Å². The van der Waals surface area contributed by atoms with Gasteiger partial charge in [0.2, 0.25) is 0 Å². The topological polar surface area (TPSA) is 12.0 Å². The van der Waals surface area contributed by atoms with Crippen molar-refractivity contribution in [1.82, 2.24) is 0 Å². The van der Waals surface area contributed by atoms with Crippen molar-refractivity contribution in [3.05, 3.63) is 24.3 Å². The summed E-state index contributed by atoms with van der Waals surface area (Å²) in [6, 6.07) is 7.86. The van der Waals surface area contributed by atoms with E-state index in [1.807, 2.05) is 24.3 Å². The second kappa shape index (κ2) is 4.95. The van der Waals surface area contributed by atoms with E-state index in [1.165, 1.54) is 6.42 Å². The van der Waals surface area contributed by atoms with E-state index in [-0.39, 0.29) is 0 Å². The lowest BCUT2D eigenvalue weighted by Gasteiger charge is -2.08. The number of nitrogens with one attached hydrogen (secondary N) is 1. The summed E-state index contributed by atoms with van der Waals surface area (Å²) < 4.78 is 0. The van der Waals surface area contributed by atoms with E-state index in [2.05, 4.69) is 19.2 Å². The Hall–Kier alpha value is -0.915. The molecule has 0 spiro atoms. The molecule has 0 aliphatic carbocycles. The van der Waals surface area contributed by atoms with Crippen molar-refractivity contribution < 1.29 is 0 Å². The summed E-state index contributed by atoms with van der Waals surface area (Å²) >= 11 is 0. The number of benzene rings is 1. The third kappa shape index (κ3) is 4.02. The molecule has 1 aromatic carbocycles. The molecule has 0 amide bonds. The zero-order chi connectivity index (χ0) is 9.68. The second-order valence-electron chi connectivity index (χ2n) is 3.73. The minimum absolute atomic E-state index is 0.744. The molecule has 68 valence electrons. The molecule has 2 radical (unpaired) electrons. The van der Waals surface area contributed by atoms with E-state index in [4.69, 9.17) is 7.85 Å². The van der Waals surface area contributed by atoms with Gasteiger partial charge in [0, 0.05) is 12.2 Å². The minimum atomic E-state index is 0.744. The van der Waals surface area contributed by atoms with Crippen LogP contribution in [0.25, 0.3) is 0 Å². The van der Waals surface area contributed by atoms with Gasteiger partial charge in [0.25, 0.3) is 0 Å². The lowest BCUT2D eigenvalue weighted by molar-refractivity contribution is 0.607. The van der Waals surface area contributed by atoms with Gasteiger partial charge in [-0.2, -0.15) is 0 Å². The lowest BCUT2D eigenvalue weighted by atomic mass is 9.96. The molecule has 0 bridgehead atoms. The molecule has 0 saturated heterocycles. The molecule has 2 heteroatoms. The summed E-state index contributed by atoms with van der Waals surface area (Å²) in [6.45, 7) is 5.46. The normalized spacial score (nSPS) is 10.4. The highest BCUT2D eigenvalue weighted by molar-refractivity contribution is 6.32. The van der Waals surface area contributed by atoms with Gasteiger partial charge in [0.1, 0.15) is 7.85 Å². The summed E-state index contributed by atoms with van der Waals surface area (Å²) in [5.74, 6) is 0.744. The Morgan fingerprint density at radius 1 is 1.38 bits per heavy atom. The number of anilines is 1. The summed E-state index contributed by atoms with van der Waals surface area (Å²) in [6.07, 6.45) is 1.19. The summed E-state index contributed by atoms with van der Waals surface area (Å²) in [5.41, 5.74) is 1.93. The van der Waals surface area contributed by atoms with Crippen molar-refractivity contribution in [3.8, 4) is 0 Å². The van der Waals surface area contributed by atoms with Crippen molar-refractivity contribution in [3.63, 3.8) is 0 Å². The van der Waals surface area contributed by atoms with Crippen LogP contribution in [0.3, 0.4) is 0 Å². The van der Waals surface area contributed by atoms with Gasteiger partial charge in [-0.1, -0.05) is 31.4 Å². The SMILES string of the molecule is [B]c1cccc(NCCC(C)C)c1. The Labute approximate surface area is 82.0 Å². The van der Waals surface area contributed by atoms with Gasteiger partial charge in [-0.15, -0.1) is 0 Å². The van der Waals surface area contributed by atoms with Crippen LogP contribution in [-0.2, 0) is 0 Å². The highest BCUT2D eigenvalue weighted by atomic mass is 14.9. The van der Waals surface area contributed by atoms with Gasteiger partial charge >= 0.3 is 0 Å². The third-order valence-electron chi connectivity index (χ3n) is 1.94. The zero-order valence-electron chi connectivity index (χ0n) is 8.38. The molecule has 0 saturated carbocycles. The molecule has 0 atom stereocenters. The van der Waals surface area contributed by atoms with E-state index < -0.39 is 0 Å². The number of rotatable bonds is 4. The van der Waals surface area contributed by atoms with E-state index in [0.29, 0.717) is 0 Å². The predicted octanol–water partition coefficient (Wildman–Crippen LogP) is 1.94. The number of hydrogen-bond acceptors (Lipinski definition) is 1. The molecule has 0 aromatic heterocycles. The average Bonchev–Trinajstić information content (AvgIpc) is 2.03. The second-order valence-corrected chi connectivity index (χ2v) is 3.73. The fourth-order valence-electron chi connectivity index (χ4n) is 1.15. The average molecular weight is 173 g/mol. The first-order chi connectivity index (χ1) is 6.18. The highest BCUT2D eigenvalue weighted by Crippen LogP contribution is 2.05. The van der Waals surface area contributed by atoms with Gasteiger partial charge in [-0.25, -0.2) is 0 Å². The maximum atomic E-state index is 5.65. The molecular formula is C11H16BN. The van der Waals surface area contributed by atoms with E-state index >= 15 is 0 Å². The highest BCUT2D eigenvalue weighted by Gasteiger charge is 1.94. The van der Waals surface area contributed by atoms with Crippen LogP contribution < -0.4 is 10.8 Å². The molecule has 1 N–H and O–H groups in total. The van der Waals surface area contributed by atoms with Crippen LogP contribution in [0.2, 0.25) is 0 Å². The standard InChI is InChI=1S/C11H16BN/c1-9(2)6-7-13-11-5-3-4-10(12)8-11/h3-5,8-9,13H,6-7H2,1-2H3. The van der Waals surface area contributed by atoms with Crippen LogP contribution in [0.15, 0.2) is 24.3 Å². The molecule has 0 unspecified atom stereocenters. The molecule has 0 aliphatic rings. The van der Waals surface area contributed by atoms with Crippen molar-refractivity contribution >= 4 is 19.0 Å². The molecule has 1 rings (SSSR count). The maximum absolute atomic E-state index is 5.65. The fourth-order valence-corrected chi connectivity index (χ4v) is 1.15. The minimum Gasteiger partial charge on any atom is -0.385 e. The first kappa shape index (κ1) is 10.2.